The lowest BCUT2D eigenvalue weighted by Crippen LogP contribution is -2.54. The predicted octanol–water partition coefficient (Wildman–Crippen LogP) is 0.0728. The van der Waals surface area contributed by atoms with E-state index in [1.807, 2.05) is 24.3 Å². The fourth-order valence-electron chi connectivity index (χ4n) is 3.78. The summed E-state index contributed by atoms with van der Waals surface area (Å²) in [6.07, 6.45) is 2.15. The summed E-state index contributed by atoms with van der Waals surface area (Å²) < 4.78 is 0. The molecule has 0 unspecified atom stereocenters. The molecular formula is C20H24N4O6. The Balaban J connectivity index is 1.70. The van der Waals surface area contributed by atoms with Gasteiger partial charge in [-0.2, -0.15) is 0 Å². The van der Waals surface area contributed by atoms with Crippen molar-refractivity contribution in [2.24, 2.45) is 5.73 Å². The number of likely N-dealkylation sites (tertiary alicyclic amines) is 1. The number of aromatic amines is 1. The minimum absolute atomic E-state index is 0.0737. The molecule has 1 aromatic carbocycles. The summed E-state index contributed by atoms with van der Waals surface area (Å²) >= 11 is 0. The van der Waals surface area contributed by atoms with E-state index in [1.165, 1.54) is 4.90 Å². The van der Waals surface area contributed by atoms with Gasteiger partial charge in [-0.3, -0.25) is 14.4 Å². The van der Waals surface area contributed by atoms with Gasteiger partial charge in [0, 0.05) is 30.1 Å². The Morgan fingerprint density at radius 3 is 2.67 bits per heavy atom. The van der Waals surface area contributed by atoms with Crippen molar-refractivity contribution in [3.8, 4) is 0 Å². The average Bonchev–Trinajstić information content (AvgIpc) is 3.33. The summed E-state index contributed by atoms with van der Waals surface area (Å²) in [5, 5.41) is 21.8. The van der Waals surface area contributed by atoms with Crippen LogP contribution >= 0.6 is 0 Å². The van der Waals surface area contributed by atoms with Crippen molar-refractivity contribution in [2.75, 3.05) is 6.54 Å². The van der Waals surface area contributed by atoms with E-state index in [-0.39, 0.29) is 13.0 Å². The number of carboxylic acids is 2. The third-order valence-corrected chi connectivity index (χ3v) is 5.26. The molecule has 1 aromatic heterocycles. The Kier molecular flexibility index (Phi) is 6.36. The second kappa shape index (κ2) is 8.95. The van der Waals surface area contributed by atoms with Crippen LogP contribution in [-0.4, -0.2) is 68.5 Å². The fraction of sp³-hybridized carbons (Fsp3) is 0.400. The molecule has 10 nitrogen and oxygen atoms in total. The molecule has 0 aliphatic carbocycles. The molecule has 0 saturated carbocycles. The number of carbonyl (C=O) groups excluding carboxylic acids is 2. The van der Waals surface area contributed by atoms with E-state index in [9.17, 15) is 24.3 Å². The molecule has 2 aromatic rings. The van der Waals surface area contributed by atoms with Crippen LogP contribution < -0.4 is 11.1 Å². The minimum atomic E-state index is -1.25. The van der Waals surface area contributed by atoms with Crippen LogP contribution in [0.4, 0.5) is 0 Å². The lowest BCUT2D eigenvalue weighted by molar-refractivity contribution is -0.145. The van der Waals surface area contributed by atoms with E-state index in [4.69, 9.17) is 10.8 Å². The Bertz CT molecular complexity index is 971. The van der Waals surface area contributed by atoms with Gasteiger partial charge in [-0.25, -0.2) is 4.79 Å². The first-order valence-electron chi connectivity index (χ1n) is 9.64. The molecule has 0 spiro atoms. The highest BCUT2D eigenvalue weighted by Gasteiger charge is 2.38. The molecule has 2 amide bonds. The van der Waals surface area contributed by atoms with Crippen molar-refractivity contribution in [3.63, 3.8) is 0 Å². The van der Waals surface area contributed by atoms with Gasteiger partial charge in [-0.05, 0) is 24.5 Å². The van der Waals surface area contributed by atoms with Gasteiger partial charge in [0.25, 0.3) is 0 Å². The number of para-hydroxylation sites is 1. The maximum absolute atomic E-state index is 12.8. The molecular weight excluding hydrogens is 392 g/mol. The van der Waals surface area contributed by atoms with E-state index in [1.54, 1.807) is 6.20 Å². The van der Waals surface area contributed by atoms with Gasteiger partial charge < -0.3 is 31.1 Å². The smallest absolute Gasteiger partial charge is 0.326 e. The van der Waals surface area contributed by atoms with Crippen molar-refractivity contribution >= 4 is 34.7 Å². The van der Waals surface area contributed by atoms with Crippen LogP contribution in [0.2, 0.25) is 0 Å². The quantitative estimate of drug-likeness (QED) is 0.406. The Labute approximate surface area is 172 Å². The molecule has 30 heavy (non-hydrogen) atoms. The number of aliphatic carboxylic acids is 2. The standard InChI is InChI=1S/C20H24N4O6/c21-13(9-17(25)26)19(28)24-7-3-6-16(24)18(27)23-15(20(29)30)8-11-10-22-14-5-2-1-4-12(11)14/h1-2,4-5,10,13,15-16,22H,3,6-9,21H2,(H,23,27)(H,25,26)(H,29,30)/t13-,15-,16-/m0/s1. The molecule has 3 atom stereocenters. The second-order valence-corrected chi connectivity index (χ2v) is 7.36. The first-order valence-corrected chi connectivity index (χ1v) is 9.64. The van der Waals surface area contributed by atoms with Gasteiger partial charge in [0.15, 0.2) is 0 Å². The highest BCUT2D eigenvalue weighted by Crippen LogP contribution is 2.21. The Hall–Kier alpha value is -3.40. The first-order chi connectivity index (χ1) is 14.3. The van der Waals surface area contributed by atoms with E-state index in [0.717, 1.165) is 16.5 Å². The summed E-state index contributed by atoms with van der Waals surface area (Å²) in [5.41, 5.74) is 7.27. The largest absolute Gasteiger partial charge is 0.481 e. The van der Waals surface area contributed by atoms with Gasteiger partial charge in [0.2, 0.25) is 11.8 Å². The highest BCUT2D eigenvalue weighted by molar-refractivity contribution is 5.93. The van der Waals surface area contributed by atoms with Crippen LogP contribution in [-0.2, 0) is 25.6 Å². The van der Waals surface area contributed by atoms with Crippen molar-refractivity contribution in [1.29, 1.82) is 0 Å². The van der Waals surface area contributed by atoms with Gasteiger partial charge in [0.05, 0.1) is 12.5 Å². The monoisotopic (exact) mass is 416 g/mol. The maximum atomic E-state index is 12.8. The molecule has 1 aliphatic heterocycles. The predicted molar refractivity (Wildman–Crippen MR) is 107 cm³/mol. The molecule has 1 fully saturated rings. The van der Waals surface area contributed by atoms with Crippen LogP contribution in [0, 0.1) is 0 Å². The third-order valence-electron chi connectivity index (χ3n) is 5.26. The zero-order valence-electron chi connectivity index (χ0n) is 16.2. The van der Waals surface area contributed by atoms with Crippen molar-refractivity contribution in [3.05, 3.63) is 36.0 Å². The number of carboxylic acid groups (broad SMARTS) is 2. The molecule has 3 rings (SSSR count). The topological polar surface area (TPSA) is 166 Å². The van der Waals surface area contributed by atoms with Crippen LogP contribution in [0.25, 0.3) is 10.9 Å². The lowest BCUT2D eigenvalue weighted by atomic mass is 10.0. The van der Waals surface area contributed by atoms with Crippen LogP contribution in [0.15, 0.2) is 30.5 Å². The lowest BCUT2D eigenvalue weighted by Gasteiger charge is -2.27. The SMILES string of the molecule is N[C@@H](CC(=O)O)C(=O)N1CCC[C@H]1C(=O)N[C@@H](Cc1c[nH]c2ccccc12)C(=O)O. The van der Waals surface area contributed by atoms with Crippen LogP contribution in [0.3, 0.4) is 0 Å². The summed E-state index contributed by atoms with van der Waals surface area (Å²) in [5.74, 6) is -3.61. The zero-order chi connectivity index (χ0) is 21.8. The van der Waals surface area contributed by atoms with E-state index >= 15 is 0 Å². The number of amides is 2. The summed E-state index contributed by atoms with van der Waals surface area (Å²) in [6.45, 7) is 0.268. The van der Waals surface area contributed by atoms with Gasteiger partial charge in [-0.15, -0.1) is 0 Å². The van der Waals surface area contributed by atoms with Crippen molar-refractivity contribution in [2.45, 2.75) is 43.8 Å². The minimum Gasteiger partial charge on any atom is -0.481 e. The van der Waals surface area contributed by atoms with Crippen LogP contribution in [0.1, 0.15) is 24.8 Å². The third kappa shape index (κ3) is 4.60. The van der Waals surface area contributed by atoms with E-state index in [0.29, 0.717) is 12.8 Å². The second-order valence-electron chi connectivity index (χ2n) is 7.36. The molecule has 0 bridgehead atoms. The molecule has 1 aliphatic rings. The highest BCUT2D eigenvalue weighted by atomic mass is 16.4. The number of hydrogen-bond donors (Lipinski definition) is 5. The molecule has 2 heterocycles. The Morgan fingerprint density at radius 1 is 1.23 bits per heavy atom. The number of benzene rings is 1. The van der Waals surface area contributed by atoms with Gasteiger partial charge in [-0.1, -0.05) is 18.2 Å². The van der Waals surface area contributed by atoms with Crippen molar-refractivity contribution in [1.82, 2.24) is 15.2 Å². The summed E-state index contributed by atoms with van der Waals surface area (Å²) in [7, 11) is 0. The van der Waals surface area contributed by atoms with E-state index < -0.39 is 48.3 Å². The van der Waals surface area contributed by atoms with Crippen LogP contribution in [0.5, 0.6) is 0 Å². The molecule has 1 saturated heterocycles. The number of carbonyl (C=O) groups is 4. The number of nitrogens with zero attached hydrogens (tertiary/aromatic N) is 1. The Morgan fingerprint density at radius 2 is 1.97 bits per heavy atom. The number of fused-ring (bicyclic) bond motifs is 1. The molecule has 160 valence electrons. The van der Waals surface area contributed by atoms with E-state index in [2.05, 4.69) is 10.3 Å². The fourth-order valence-corrected chi connectivity index (χ4v) is 3.78. The molecule has 0 radical (unpaired) electrons. The average molecular weight is 416 g/mol. The summed E-state index contributed by atoms with van der Waals surface area (Å²) in [4.78, 5) is 52.1. The number of aromatic nitrogens is 1. The molecule has 10 heteroatoms. The zero-order valence-corrected chi connectivity index (χ0v) is 16.2. The summed E-state index contributed by atoms with van der Waals surface area (Å²) in [6, 6.07) is 4.14. The van der Waals surface area contributed by atoms with Gasteiger partial charge >= 0.3 is 11.9 Å². The van der Waals surface area contributed by atoms with Gasteiger partial charge in [0.1, 0.15) is 12.1 Å². The number of hydrogen-bond acceptors (Lipinski definition) is 5. The van der Waals surface area contributed by atoms with Crippen molar-refractivity contribution < 1.29 is 29.4 Å². The number of rotatable bonds is 8. The normalized spacial score (nSPS) is 18.2. The first kappa shape index (κ1) is 21.3. The maximum Gasteiger partial charge on any atom is 0.326 e. The number of nitrogens with two attached hydrogens (primary N) is 1. The molecule has 6 N–H and O–H groups in total. The number of H-pyrrole nitrogens is 1. The number of nitrogens with one attached hydrogen (secondary N) is 2.